The molecular formula is C17H18N4O3. The molecule has 2 aromatic rings. The molecule has 7 heteroatoms. The van der Waals surface area contributed by atoms with Crippen LogP contribution in [0.5, 0.6) is 0 Å². The quantitative estimate of drug-likeness (QED) is 0.854. The van der Waals surface area contributed by atoms with Crippen LogP contribution in [0.3, 0.4) is 0 Å². The largest absolute Gasteiger partial charge is 0.421 e. The number of amides is 2. The molecule has 3 heterocycles. The fourth-order valence-electron chi connectivity index (χ4n) is 3.25. The molecule has 0 bridgehead atoms. The second-order valence-electron chi connectivity index (χ2n) is 6.26. The lowest BCUT2D eigenvalue weighted by Gasteiger charge is -2.44. The molecule has 2 saturated heterocycles. The van der Waals surface area contributed by atoms with Crippen molar-refractivity contribution in [1.29, 1.82) is 0 Å². The molecule has 0 spiro atoms. The Bertz CT molecular complexity index is 795. The van der Waals surface area contributed by atoms with Gasteiger partial charge in [0, 0.05) is 44.1 Å². The normalized spacial score (nSPS) is 18.1. The van der Waals surface area contributed by atoms with Crippen molar-refractivity contribution in [3.8, 4) is 11.5 Å². The van der Waals surface area contributed by atoms with E-state index in [-0.39, 0.29) is 17.9 Å². The summed E-state index contributed by atoms with van der Waals surface area (Å²) < 4.78 is 5.41. The van der Waals surface area contributed by atoms with Crippen LogP contribution in [0.4, 0.5) is 0 Å². The summed E-state index contributed by atoms with van der Waals surface area (Å²) in [5.74, 6) is 1.07. The summed E-state index contributed by atoms with van der Waals surface area (Å²) in [6.45, 7) is 3.76. The van der Waals surface area contributed by atoms with Crippen LogP contribution in [0.15, 0.2) is 28.7 Å². The number of carbonyl (C=O) groups is 2. The monoisotopic (exact) mass is 326 g/mol. The fourth-order valence-corrected chi connectivity index (χ4v) is 3.25. The molecule has 2 aliphatic heterocycles. The Hall–Kier alpha value is -2.70. The second kappa shape index (κ2) is 5.74. The highest BCUT2D eigenvalue weighted by molar-refractivity contribution is 5.96. The summed E-state index contributed by atoms with van der Waals surface area (Å²) in [7, 11) is 0. The number of aromatic nitrogens is 2. The van der Waals surface area contributed by atoms with E-state index in [1.54, 1.807) is 24.0 Å². The van der Waals surface area contributed by atoms with Crippen molar-refractivity contribution in [3.05, 3.63) is 35.7 Å². The first-order chi connectivity index (χ1) is 11.6. The molecule has 2 amide bonds. The van der Waals surface area contributed by atoms with E-state index in [4.69, 9.17) is 4.42 Å². The number of likely N-dealkylation sites (tertiary alicyclic amines) is 2. The van der Waals surface area contributed by atoms with Crippen LogP contribution in [0.2, 0.25) is 0 Å². The van der Waals surface area contributed by atoms with Gasteiger partial charge in [-0.2, -0.15) is 0 Å². The van der Waals surface area contributed by atoms with Crippen LogP contribution in [0.25, 0.3) is 11.5 Å². The molecule has 2 aliphatic rings. The number of rotatable bonds is 3. The molecule has 1 aromatic heterocycles. The molecule has 2 fully saturated rings. The lowest BCUT2D eigenvalue weighted by molar-refractivity contribution is -0.132. The van der Waals surface area contributed by atoms with E-state index in [0.29, 0.717) is 36.9 Å². The van der Waals surface area contributed by atoms with Gasteiger partial charge in [0.05, 0.1) is 6.04 Å². The Morgan fingerprint density at radius 3 is 2.79 bits per heavy atom. The van der Waals surface area contributed by atoms with Gasteiger partial charge in [0.25, 0.3) is 5.91 Å². The van der Waals surface area contributed by atoms with E-state index < -0.39 is 0 Å². The Morgan fingerprint density at radius 1 is 1.29 bits per heavy atom. The van der Waals surface area contributed by atoms with Gasteiger partial charge in [-0.3, -0.25) is 9.59 Å². The molecule has 0 atom stereocenters. The molecular weight excluding hydrogens is 308 g/mol. The Labute approximate surface area is 139 Å². The van der Waals surface area contributed by atoms with Gasteiger partial charge in [0.15, 0.2) is 0 Å². The second-order valence-corrected chi connectivity index (χ2v) is 6.26. The van der Waals surface area contributed by atoms with Crippen LogP contribution in [0, 0.1) is 6.92 Å². The number of benzene rings is 1. The summed E-state index contributed by atoms with van der Waals surface area (Å²) >= 11 is 0. The fraction of sp³-hybridized carbons (Fsp3) is 0.412. The third-order valence-electron chi connectivity index (χ3n) is 4.58. The van der Waals surface area contributed by atoms with Crippen LogP contribution in [-0.4, -0.2) is 57.5 Å². The van der Waals surface area contributed by atoms with Gasteiger partial charge < -0.3 is 14.2 Å². The average Bonchev–Trinajstić information content (AvgIpc) is 3.15. The van der Waals surface area contributed by atoms with Crippen molar-refractivity contribution in [1.82, 2.24) is 20.0 Å². The van der Waals surface area contributed by atoms with Gasteiger partial charge >= 0.3 is 0 Å². The Kier molecular flexibility index (Phi) is 3.55. The van der Waals surface area contributed by atoms with Crippen molar-refractivity contribution < 1.29 is 14.0 Å². The van der Waals surface area contributed by atoms with Gasteiger partial charge in [-0.1, -0.05) is 6.07 Å². The number of carbonyl (C=O) groups excluding carboxylic acids is 2. The maximum Gasteiger partial charge on any atom is 0.254 e. The topological polar surface area (TPSA) is 79.5 Å². The number of hydrogen-bond acceptors (Lipinski definition) is 5. The van der Waals surface area contributed by atoms with Crippen LogP contribution in [-0.2, 0) is 4.79 Å². The van der Waals surface area contributed by atoms with E-state index in [9.17, 15) is 9.59 Å². The van der Waals surface area contributed by atoms with Crippen molar-refractivity contribution >= 4 is 11.8 Å². The summed E-state index contributed by atoms with van der Waals surface area (Å²) in [6.07, 6.45) is 1.56. The minimum atomic E-state index is -0.0315. The zero-order valence-electron chi connectivity index (χ0n) is 13.4. The number of aryl methyl sites for hydroxylation is 1. The molecule has 1 aromatic carbocycles. The number of nitrogens with zero attached hydrogens (tertiary/aromatic N) is 4. The van der Waals surface area contributed by atoms with Gasteiger partial charge in [-0.25, -0.2) is 0 Å². The van der Waals surface area contributed by atoms with Crippen LogP contribution >= 0.6 is 0 Å². The molecule has 0 aliphatic carbocycles. The van der Waals surface area contributed by atoms with E-state index >= 15 is 0 Å². The highest BCUT2D eigenvalue weighted by Gasteiger charge is 2.38. The lowest BCUT2D eigenvalue weighted by atomic mass is 10.0. The highest BCUT2D eigenvalue weighted by atomic mass is 16.4. The Morgan fingerprint density at radius 2 is 2.12 bits per heavy atom. The summed E-state index contributed by atoms with van der Waals surface area (Å²) in [4.78, 5) is 28.0. The summed E-state index contributed by atoms with van der Waals surface area (Å²) in [6, 6.07) is 7.37. The molecule has 7 nitrogen and oxygen atoms in total. The maximum atomic E-state index is 12.6. The highest BCUT2D eigenvalue weighted by Crippen LogP contribution is 2.24. The molecule has 124 valence electrons. The third-order valence-corrected chi connectivity index (χ3v) is 4.58. The van der Waals surface area contributed by atoms with E-state index in [1.807, 2.05) is 17.0 Å². The maximum absolute atomic E-state index is 12.6. The van der Waals surface area contributed by atoms with Crippen LogP contribution < -0.4 is 0 Å². The Balaban J connectivity index is 1.45. The number of hydrogen-bond donors (Lipinski definition) is 0. The zero-order valence-corrected chi connectivity index (χ0v) is 13.4. The van der Waals surface area contributed by atoms with Gasteiger partial charge in [0.2, 0.25) is 17.7 Å². The van der Waals surface area contributed by atoms with E-state index in [0.717, 1.165) is 18.5 Å². The minimum Gasteiger partial charge on any atom is -0.421 e. The molecule has 0 unspecified atom stereocenters. The summed E-state index contributed by atoms with van der Waals surface area (Å²) in [5, 5.41) is 7.79. The molecule has 4 rings (SSSR count). The standard InChI is InChI=1S/C17H18N4O3/c1-11-18-19-16(24-11)12-4-2-5-13(8-12)17(23)20-9-14(10-20)21-7-3-6-15(21)22/h2,4-5,8,14H,3,6-7,9-10H2,1H3. The molecule has 0 radical (unpaired) electrons. The van der Waals surface area contributed by atoms with Gasteiger partial charge in [-0.05, 0) is 24.6 Å². The molecule has 24 heavy (non-hydrogen) atoms. The van der Waals surface area contributed by atoms with Crippen molar-refractivity contribution in [3.63, 3.8) is 0 Å². The summed E-state index contributed by atoms with van der Waals surface area (Å²) in [5.41, 5.74) is 1.32. The third kappa shape index (κ3) is 2.55. The average molecular weight is 326 g/mol. The van der Waals surface area contributed by atoms with Crippen molar-refractivity contribution in [2.45, 2.75) is 25.8 Å². The predicted molar refractivity (Wildman–Crippen MR) is 85.1 cm³/mol. The predicted octanol–water partition coefficient (Wildman–Crippen LogP) is 1.49. The van der Waals surface area contributed by atoms with Gasteiger partial charge in [-0.15, -0.1) is 10.2 Å². The first-order valence-electron chi connectivity index (χ1n) is 8.11. The van der Waals surface area contributed by atoms with Gasteiger partial charge in [0.1, 0.15) is 0 Å². The lowest BCUT2D eigenvalue weighted by Crippen LogP contribution is -2.61. The van der Waals surface area contributed by atoms with Crippen molar-refractivity contribution in [2.75, 3.05) is 19.6 Å². The zero-order chi connectivity index (χ0) is 16.7. The smallest absolute Gasteiger partial charge is 0.254 e. The molecule has 0 N–H and O–H groups in total. The van der Waals surface area contributed by atoms with Crippen LogP contribution in [0.1, 0.15) is 29.1 Å². The first-order valence-corrected chi connectivity index (χ1v) is 8.11. The van der Waals surface area contributed by atoms with E-state index in [2.05, 4.69) is 10.2 Å². The first kappa shape index (κ1) is 14.9. The molecule has 0 saturated carbocycles. The SMILES string of the molecule is Cc1nnc(-c2cccc(C(=O)N3CC(N4CCCC4=O)C3)c2)o1. The minimum absolute atomic E-state index is 0.0315. The van der Waals surface area contributed by atoms with Crippen molar-refractivity contribution in [2.24, 2.45) is 0 Å². The van der Waals surface area contributed by atoms with E-state index in [1.165, 1.54) is 0 Å².